The molecule has 98 valence electrons. The Morgan fingerprint density at radius 3 is 2.39 bits per heavy atom. The molecule has 0 spiro atoms. The maximum atomic E-state index is 12.0. The first-order chi connectivity index (χ1) is 8.65. The Hall–Kier alpha value is -1.69. The van der Waals surface area contributed by atoms with Gasteiger partial charge in [-0.1, -0.05) is 12.2 Å². The Labute approximate surface area is 105 Å². The SMILES string of the molecule is CCONC(=O)CN1C(=O)[C@H]2CC=CC[C@@H]2C1=O. The summed E-state index contributed by atoms with van der Waals surface area (Å²) in [5.74, 6) is -1.56. The number of hydrogen-bond acceptors (Lipinski definition) is 4. The molecule has 1 saturated heterocycles. The predicted molar refractivity (Wildman–Crippen MR) is 61.8 cm³/mol. The molecule has 1 aliphatic heterocycles. The summed E-state index contributed by atoms with van der Waals surface area (Å²) in [5, 5.41) is 0. The molecule has 2 atom stereocenters. The number of amides is 3. The van der Waals surface area contributed by atoms with Crippen molar-refractivity contribution in [2.24, 2.45) is 11.8 Å². The smallest absolute Gasteiger partial charge is 0.263 e. The van der Waals surface area contributed by atoms with Crippen LogP contribution in [0.25, 0.3) is 0 Å². The van der Waals surface area contributed by atoms with Gasteiger partial charge in [0.25, 0.3) is 5.91 Å². The quantitative estimate of drug-likeness (QED) is 0.434. The second-order valence-corrected chi connectivity index (χ2v) is 4.38. The third-order valence-corrected chi connectivity index (χ3v) is 3.23. The molecule has 1 N–H and O–H groups in total. The third kappa shape index (κ3) is 2.28. The van der Waals surface area contributed by atoms with Gasteiger partial charge in [-0.25, -0.2) is 5.48 Å². The average Bonchev–Trinajstić information content (AvgIpc) is 2.62. The summed E-state index contributed by atoms with van der Waals surface area (Å²) in [6.45, 7) is 1.81. The second-order valence-electron chi connectivity index (χ2n) is 4.38. The minimum atomic E-state index is -0.481. The van der Waals surface area contributed by atoms with Crippen molar-refractivity contribution in [2.75, 3.05) is 13.2 Å². The number of hydroxylamine groups is 1. The van der Waals surface area contributed by atoms with Gasteiger partial charge >= 0.3 is 0 Å². The standard InChI is InChI=1S/C12H16N2O4/c1-2-18-13-10(15)7-14-11(16)8-5-3-4-6-9(8)12(14)17/h3-4,8-9H,2,5-7H2,1H3,(H,13,15)/t8-,9-/m0/s1. The van der Waals surface area contributed by atoms with Crippen LogP contribution in [0, 0.1) is 11.8 Å². The van der Waals surface area contributed by atoms with Gasteiger partial charge in [-0.3, -0.25) is 24.1 Å². The van der Waals surface area contributed by atoms with E-state index in [-0.39, 0.29) is 30.2 Å². The summed E-state index contributed by atoms with van der Waals surface area (Å²) in [6.07, 6.45) is 4.99. The first-order valence-corrected chi connectivity index (χ1v) is 6.06. The van der Waals surface area contributed by atoms with E-state index in [0.29, 0.717) is 19.4 Å². The zero-order valence-electron chi connectivity index (χ0n) is 10.2. The molecule has 3 amide bonds. The van der Waals surface area contributed by atoms with Gasteiger partial charge in [0.15, 0.2) is 0 Å². The molecule has 0 bridgehead atoms. The molecule has 2 aliphatic rings. The lowest BCUT2D eigenvalue weighted by Crippen LogP contribution is -2.41. The molecule has 1 fully saturated rings. The van der Waals surface area contributed by atoms with E-state index in [9.17, 15) is 14.4 Å². The minimum Gasteiger partial charge on any atom is -0.274 e. The van der Waals surface area contributed by atoms with E-state index < -0.39 is 5.91 Å². The maximum absolute atomic E-state index is 12.0. The molecule has 0 unspecified atom stereocenters. The molecule has 0 aromatic carbocycles. The number of allylic oxidation sites excluding steroid dienone is 2. The molecule has 0 saturated carbocycles. The largest absolute Gasteiger partial charge is 0.274 e. The van der Waals surface area contributed by atoms with Crippen LogP contribution in [0.2, 0.25) is 0 Å². The highest BCUT2D eigenvalue weighted by atomic mass is 16.6. The van der Waals surface area contributed by atoms with Crippen LogP contribution in [0.3, 0.4) is 0 Å². The van der Waals surface area contributed by atoms with Crippen LogP contribution in [-0.2, 0) is 19.2 Å². The molecular formula is C12H16N2O4. The van der Waals surface area contributed by atoms with E-state index >= 15 is 0 Å². The van der Waals surface area contributed by atoms with Gasteiger partial charge in [0.2, 0.25) is 11.8 Å². The fourth-order valence-corrected chi connectivity index (χ4v) is 2.35. The number of nitrogens with zero attached hydrogens (tertiary/aromatic N) is 1. The van der Waals surface area contributed by atoms with Crippen molar-refractivity contribution in [3.05, 3.63) is 12.2 Å². The Balaban J connectivity index is 2.00. The molecule has 0 radical (unpaired) electrons. The third-order valence-electron chi connectivity index (χ3n) is 3.23. The van der Waals surface area contributed by atoms with Crippen LogP contribution in [0.4, 0.5) is 0 Å². The van der Waals surface area contributed by atoms with Crippen LogP contribution in [0.5, 0.6) is 0 Å². The van der Waals surface area contributed by atoms with Crippen LogP contribution < -0.4 is 5.48 Å². The summed E-state index contributed by atoms with van der Waals surface area (Å²) < 4.78 is 0. The fraction of sp³-hybridized carbons (Fsp3) is 0.583. The molecular weight excluding hydrogens is 236 g/mol. The van der Waals surface area contributed by atoms with Gasteiger partial charge in [0, 0.05) is 0 Å². The summed E-state index contributed by atoms with van der Waals surface area (Å²) in [4.78, 5) is 41.2. The Kier molecular flexibility index (Phi) is 3.76. The zero-order chi connectivity index (χ0) is 13.1. The van der Waals surface area contributed by atoms with Gasteiger partial charge in [0.1, 0.15) is 6.54 Å². The van der Waals surface area contributed by atoms with Gasteiger partial charge in [-0.05, 0) is 19.8 Å². The lowest BCUT2D eigenvalue weighted by molar-refractivity contribution is -0.147. The summed E-state index contributed by atoms with van der Waals surface area (Å²) >= 11 is 0. The lowest BCUT2D eigenvalue weighted by Gasteiger charge is -2.14. The molecule has 0 aromatic rings. The fourth-order valence-electron chi connectivity index (χ4n) is 2.35. The molecule has 2 rings (SSSR count). The number of likely N-dealkylation sites (tertiary alicyclic amines) is 1. The summed E-state index contributed by atoms with van der Waals surface area (Å²) in [6, 6.07) is 0. The van der Waals surface area contributed by atoms with Gasteiger partial charge in [-0.15, -0.1) is 0 Å². The van der Waals surface area contributed by atoms with Gasteiger partial charge in [0.05, 0.1) is 18.4 Å². The average molecular weight is 252 g/mol. The van der Waals surface area contributed by atoms with E-state index in [4.69, 9.17) is 4.84 Å². The van der Waals surface area contributed by atoms with E-state index in [1.54, 1.807) is 6.92 Å². The highest BCUT2D eigenvalue weighted by Gasteiger charge is 2.47. The van der Waals surface area contributed by atoms with Crippen LogP contribution in [0.15, 0.2) is 12.2 Å². The number of carbonyl (C=O) groups excluding carboxylic acids is 3. The van der Waals surface area contributed by atoms with Gasteiger partial charge in [-0.2, -0.15) is 0 Å². The molecule has 0 aromatic heterocycles. The molecule has 1 aliphatic carbocycles. The summed E-state index contributed by atoms with van der Waals surface area (Å²) in [7, 11) is 0. The number of fused-ring (bicyclic) bond motifs is 1. The van der Waals surface area contributed by atoms with E-state index in [1.165, 1.54) is 0 Å². The van der Waals surface area contributed by atoms with Crippen LogP contribution in [-0.4, -0.2) is 35.8 Å². The van der Waals surface area contributed by atoms with Crippen molar-refractivity contribution in [3.8, 4) is 0 Å². The number of rotatable bonds is 4. The highest BCUT2D eigenvalue weighted by molar-refractivity contribution is 6.07. The first kappa shape index (κ1) is 12.8. The minimum absolute atomic E-state index is 0.249. The Morgan fingerprint density at radius 1 is 1.33 bits per heavy atom. The number of nitrogens with one attached hydrogen (secondary N) is 1. The second kappa shape index (κ2) is 5.30. The normalized spacial score (nSPS) is 26.4. The van der Waals surface area contributed by atoms with Crippen molar-refractivity contribution in [3.63, 3.8) is 0 Å². The van der Waals surface area contributed by atoms with Crippen molar-refractivity contribution in [2.45, 2.75) is 19.8 Å². The number of imide groups is 1. The number of carbonyl (C=O) groups is 3. The van der Waals surface area contributed by atoms with Crippen molar-refractivity contribution < 1.29 is 19.2 Å². The maximum Gasteiger partial charge on any atom is 0.263 e. The monoisotopic (exact) mass is 252 g/mol. The van der Waals surface area contributed by atoms with Crippen molar-refractivity contribution >= 4 is 17.7 Å². The van der Waals surface area contributed by atoms with Crippen molar-refractivity contribution in [1.82, 2.24) is 10.4 Å². The first-order valence-electron chi connectivity index (χ1n) is 6.06. The highest BCUT2D eigenvalue weighted by Crippen LogP contribution is 2.34. The Bertz CT molecular complexity index is 379. The number of hydrogen-bond donors (Lipinski definition) is 1. The zero-order valence-corrected chi connectivity index (χ0v) is 10.2. The Morgan fingerprint density at radius 2 is 1.89 bits per heavy atom. The molecule has 18 heavy (non-hydrogen) atoms. The molecule has 6 heteroatoms. The molecule has 1 heterocycles. The van der Waals surface area contributed by atoms with Crippen LogP contribution in [0.1, 0.15) is 19.8 Å². The van der Waals surface area contributed by atoms with E-state index in [0.717, 1.165) is 4.90 Å². The van der Waals surface area contributed by atoms with Crippen molar-refractivity contribution in [1.29, 1.82) is 0 Å². The van der Waals surface area contributed by atoms with E-state index in [1.807, 2.05) is 12.2 Å². The lowest BCUT2D eigenvalue weighted by atomic mass is 9.85. The summed E-state index contributed by atoms with van der Waals surface area (Å²) in [5.41, 5.74) is 2.18. The predicted octanol–water partition coefficient (Wildman–Crippen LogP) is 0.00530. The van der Waals surface area contributed by atoms with E-state index in [2.05, 4.69) is 5.48 Å². The molecule has 6 nitrogen and oxygen atoms in total. The van der Waals surface area contributed by atoms with Crippen LogP contribution >= 0.6 is 0 Å². The topological polar surface area (TPSA) is 75.7 Å². The van der Waals surface area contributed by atoms with Gasteiger partial charge < -0.3 is 0 Å².